The molecule has 0 saturated heterocycles. The van der Waals surface area contributed by atoms with Gasteiger partial charge in [-0.3, -0.25) is 0 Å². The zero-order valence-corrected chi connectivity index (χ0v) is 18.4. The Balaban J connectivity index is 1.41. The fourth-order valence-electron chi connectivity index (χ4n) is 3.59. The summed E-state index contributed by atoms with van der Waals surface area (Å²) < 4.78 is 7.12. The summed E-state index contributed by atoms with van der Waals surface area (Å²) in [4.78, 5) is 13.8. The number of hydrogen-bond acceptors (Lipinski definition) is 5. The van der Waals surface area contributed by atoms with Crippen LogP contribution < -0.4 is 10.6 Å². The number of aryl methyl sites for hydroxylation is 1. The van der Waals surface area contributed by atoms with Gasteiger partial charge in [0.15, 0.2) is 5.11 Å². The molecule has 1 aliphatic rings. The van der Waals surface area contributed by atoms with Crippen molar-refractivity contribution >= 4 is 39.6 Å². The Kier molecular flexibility index (Phi) is 6.44. The molecule has 8 heteroatoms. The van der Waals surface area contributed by atoms with Crippen LogP contribution in [0.1, 0.15) is 46.1 Å². The van der Waals surface area contributed by atoms with Crippen LogP contribution in [0.4, 0.5) is 5.00 Å². The molecule has 3 aromatic rings. The van der Waals surface area contributed by atoms with E-state index in [1.807, 2.05) is 48.1 Å². The summed E-state index contributed by atoms with van der Waals surface area (Å²) in [6.45, 7) is 2.78. The van der Waals surface area contributed by atoms with Crippen LogP contribution in [0.2, 0.25) is 0 Å². The Morgan fingerprint density at radius 3 is 2.80 bits per heavy atom. The van der Waals surface area contributed by atoms with Crippen molar-refractivity contribution in [3.8, 4) is 5.69 Å². The molecule has 0 unspecified atom stereocenters. The summed E-state index contributed by atoms with van der Waals surface area (Å²) in [6, 6.07) is 10.0. The van der Waals surface area contributed by atoms with Crippen LogP contribution in [0.25, 0.3) is 5.69 Å². The van der Waals surface area contributed by atoms with E-state index in [0.717, 1.165) is 47.5 Å². The summed E-state index contributed by atoms with van der Waals surface area (Å²) in [5, 5.41) is 12.0. The summed E-state index contributed by atoms with van der Waals surface area (Å²) >= 11 is 7.11. The van der Waals surface area contributed by atoms with Gasteiger partial charge >= 0.3 is 5.97 Å². The van der Waals surface area contributed by atoms with Crippen molar-refractivity contribution in [2.75, 3.05) is 11.9 Å². The van der Waals surface area contributed by atoms with Gasteiger partial charge in [0.1, 0.15) is 5.00 Å². The highest BCUT2D eigenvalue weighted by molar-refractivity contribution is 7.80. The molecule has 0 bridgehead atoms. The molecule has 0 aliphatic heterocycles. The minimum Gasteiger partial charge on any atom is -0.462 e. The Bertz CT molecular complexity index is 1030. The number of ether oxygens (including phenoxy) is 1. The molecule has 2 N–H and O–H groups in total. The molecule has 4 rings (SSSR count). The molecule has 2 heterocycles. The van der Waals surface area contributed by atoms with Crippen LogP contribution in [0.3, 0.4) is 0 Å². The first-order valence-corrected chi connectivity index (χ1v) is 11.3. The third-order valence-electron chi connectivity index (χ3n) is 5.04. The average molecular weight is 441 g/mol. The molecule has 0 spiro atoms. The summed E-state index contributed by atoms with van der Waals surface area (Å²) in [5.41, 5.74) is 3.90. The molecule has 1 aromatic carbocycles. The van der Waals surface area contributed by atoms with E-state index in [9.17, 15) is 4.79 Å². The van der Waals surface area contributed by atoms with Crippen molar-refractivity contribution in [1.82, 2.24) is 15.1 Å². The third-order valence-corrected chi connectivity index (χ3v) is 6.49. The van der Waals surface area contributed by atoms with Gasteiger partial charge in [-0.15, -0.1) is 11.3 Å². The van der Waals surface area contributed by atoms with Crippen LogP contribution in [0.5, 0.6) is 0 Å². The van der Waals surface area contributed by atoms with Gasteiger partial charge in [-0.05, 0) is 74.2 Å². The predicted molar refractivity (Wildman–Crippen MR) is 124 cm³/mol. The number of thiophene rings is 1. The number of fused-ring (bicyclic) bond motifs is 1. The van der Waals surface area contributed by atoms with Crippen molar-refractivity contribution in [3.63, 3.8) is 0 Å². The van der Waals surface area contributed by atoms with Crippen molar-refractivity contribution in [2.45, 2.75) is 39.2 Å². The van der Waals surface area contributed by atoms with Gasteiger partial charge < -0.3 is 15.4 Å². The molecular formula is C22H24N4O2S2. The standard InChI is InChI=1S/C22H24N4O2S2/c1-2-28-21(27)19-17-6-3-4-7-18(17)30-20(19)25-22(29)23-14-15-8-10-16(11-9-15)26-13-5-12-24-26/h5,8-13H,2-4,6-7,14H2,1H3,(H2,23,25,29). The lowest BCUT2D eigenvalue weighted by atomic mass is 9.95. The minimum atomic E-state index is -0.267. The predicted octanol–water partition coefficient (Wildman–Crippen LogP) is 4.48. The van der Waals surface area contributed by atoms with Crippen molar-refractivity contribution in [2.24, 2.45) is 0 Å². The minimum absolute atomic E-state index is 0.267. The van der Waals surface area contributed by atoms with Crippen LogP contribution in [0, 0.1) is 0 Å². The first-order valence-electron chi connectivity index (χ1n) is 10.1. The summed E-state index contributed by atoms with van der Waals surface area (Å²) in [7, 11) is 0. The van der Waals surface area contributed by atoms with Crippen LogP contribution in [-0.2, 0) is 24.1 Å². The molecule has 156 valence electrons. The fourth-order valence-corrected chi connectivity index (χ4v) is 5.11. The largest absolute Gasteiger partial charge is 0.462 e. The number of benzene rings is 1. The second-order valence-corrected chi connectivity index (χ2v) is 8.57. The molecule has 0 radical (unpaired) electrons. The number of anilines is 1. The SMILES string of the molecule is CCOC(=O)c1c(NC(=S)NCc2ccc(-n3cccn3)cc2)sc2c1CCCC2. The molecule has 0 amide bonds. The van der Waals surface area contributed by atoms with Gasteiger partial charge in [0, 0.05) is 23.8 Å². The Hall–Kier alpha value is -2.71. The first-order chi connectivity index (χ1) is 14.7. The van der Waals surface area contributed by atoms with Gasteiger partial charge in [0.05, 0.1) is 17.9 Å². The number of nitrogens with one attached hydrogen (secondary N) is 2. The van der Waals surface area contributed by atoms with Gasteiger partial charge in [-0.1, -0.05) is 12.1 Å². The van der Waals surface area contributed by atoms with E-state index in [1.165, 1.54) is 4.88 Å². The van der Waals surface area contributed by atoms with Crippen molar-refractivity contribution in [1.29, 1.82) is 0 Å². The van der Waals surface area contributed by atoms with Gasteiger partial charge in [0.25, 0.3) is 0 Å². The Morgan fingerprint density at radius 2 is 2.07 bits per heavy atom. The lowest BCUT2D eigenvalue weighted by Crippen LogP contribution is -2.28. The van der Waals surface area contributed by atoms with Gasteiger partial charge in [0.2, 0.25) is 0 Å². The van der Waals surface area contributed by atoms with E-state index < -0.39 is 0 Å². The quantitative estimate of drug-likeness (QED) is 0.435. The van der Waals surface area contributed by atoms with Crippen LogP contribution in [-0.4, -0.2) is 27.5 Å². The zero-order valence-electron chi connectivity index (χ0n) is 16.8. The number of esters is 1. The topological polar surface area (TPSA) is 68.2 Å². The zero-order chi connectivity index (χ0) is 20.9. The molecule has 0 atom stereocenters. The number of rotatable bonds is 6. The van der Waals surface area contributed by atoms with E-state index in [-0.39, 0.29) is 5.97 Å². The number of carbonyl (C=O) groups is 1. The first kappa shape index (κ1) is 20.6. The second kappa shape index (κ2) is 9.40. The molecule has 0 saturated carbocycles. The second-order valence-electron chi connectivity index (χ2n) is 7.06. The number of hydrogen-bond donors (Lipinski definition) is 2. The van der Waals surface area contributed by atoms with Crippen molar-refractivity contribution in [3.05, 3.63) is 64.3 Å². The highest BCUT2D eigenvalue weighted by Crippen LogP contribution is 2.38. The van der Waals surface area contributed by atoms with E-state index in [1.54, 1.807) is 17.5 Å². The van der Waals surface area contributed by atoms with E-state index >= 15 is 0 Å². The van der Waals surface area contributed by atoms with Crippen LogP contribution in [0.15, 0.2) is 42.7 Å². The summed E-state index contributed by atoms with van der Waals surface area (Å²) in [6.07, 6.45) is 7.86. The molecule has 6 nitrogen and oxygen atoms in total. The number of thiocarbonyl (C=S) groups is 1. The third kappa shape index (κ3) is 4.55. The van der Waals surface area contributed by atoms with Crippen molar-refractivity contribution < 1.29 is 9.53 Å². The lowest BCUT2D eigenvalue weighted by molar-refractivity contribution is 0.0526. The molecule has 1 aliphatic carbocycles. The maximum Gasteiger partial charge on any atom is 0.341 e. The molecule has 30 heavy (non-hydrogen) atoms. The van der Waals surface area contributed by atoms with E-state index in [0.29, 0.717) is 23.8 Å². The maximum absolute atomic E-state index is 12.6. The summed E-state index contributed by atoms with van der Waals surface area (Å²) in [5.74, 6) is -0.267. The van der Waals surface area contributed by atoms with E-state index in [2.05, 4.69) is 15.7 Å². The highest BCUT2D eigenvalue weighted by atomic mass is 32.1. The number of aromatic nitrogens is 2. The molecule has 2 aromatic heterocycles. The smallest absolute Gasteiger partial charge is 0.341 e. The van der Waals surface area contributed by atoms with Crippen LogP contribution >= 0.6 is 23.6 Å². The maximum atomic E-state index is 12.6. The number of nitrogens with zero attached hydrogens (tertiary/aromatic N) is 2. The lowest BCUT2D eigenvalue weighted by Gasteiger charge is -2.13. The fraction of sp³-hybridized carbons (Fsp3) is 0.318. The van der Waals surface area contributed by atoms with Gasteiger partial charge in [-0.25, -0.2) is 9.48 Å². The highest BCUT2D eigenvalue weighted by Gasteiger charge is 2.26. The van der Waals surface area contributed by atoms with Gasteiger partial charge in [-0.2, -0.15) is 5.10 Å². The average Bonchev–Trinajstić information content (AvgIpc) is 3.40. The molecule has 0 fully saturated rings. The molecular weight excluding hydrogens is 416 g/mol. The normalized spacial score (nSPS) is 12.8. The van der Waals surface area contributed by atoms with E-state index in [4.69, 9.17) is 17.0 Å². The Morgan fingerprint density at radius 1 is 1.27 bits per heavy atom. The monoisotopic (exact) mass is 440 g/mol. The number of carbonyl (C=O) groups excluding carboxylic acids is 1. The Labute approximate surface area is 185 Å².